The number of carbonyl (C=O) groups is 1. The molecule has 0 aromatic heterocycles. The van der Waals surface area contributed by atoms with E-state index in [0.717, 1.165) is 12.8 Å². The quantitative estimate of drug-likeness (QED) is 0.685. The number of nitrogens with zero attached hydrogens (tertiary/aromatic N) is 1. The molecule has 2 fully saturated rings. The molecular formula is C17H22N2O3. The first-order chi connectivity index (χ1) is 10.2. The topological polar surface area (TPSA) is 72.2 Å². The van der Waals surface area contributed by atoms with Gasteiger partial charge in [-0.05, 0) is 42.1 Å². The normalized spacial score (nSPS) is 32.0. The van der Waals surface area contributed by atoms with E-state index in [-0.39, 0.29) is 28.5 Å². The maximum absolute atomic E-state index is 12.5. The van der Waals surface area contributed by atoms with Gasteiger partial charge in [0, 0.05) is 23.7 Å². The fourth-order valence-electron chi connectivity index (χ4n) is 4.64. The highest BCUT2D eigenvalue weighted by atomic mass is 16.6. The van der Waals surface area contributed by atoms with Crippen LogP contribution in [0.3, 0.4) is 0 Å². The van der Waals surface area contributed by atoms with Crippen LogP contribution in [0.5, 0.6) is 0 Å². The van der Waals surface area contributed by atoms with Crippen LogP contribution in [0.2, 0.25) is 0 Å². The predicted octanol–water partition coefficient (Wildman–Crippen LogP) is 3.54. The predicted molar refractivity (Wildman–Crippen MR) is 83.6 cm³/mol. The van der Waals surface area contributed by atoms with E-state index in [1.807, 2.05) is 0 Å². The fraction of sp³-hybridized carbons (Fsp3) is 0.588. The van der Waals surface area contributed by atoms with Gasteiger partial charge in [0.2, 0.25) is 0 Å². The van der Waals surface area contributed by atoms with Gasteiger partial charge < -0.3 is 5.32 Å². The van der Waals surface area contributed by atoms with E-state index < -0.39 is 4.92 Å². The highest BCUT2D eigenvalue weighted by Gasteiger charge is 2.59. The molecule has 22 heavy (non-hydrogen) atoms. The van der Waals surface area contributed by atoms with Gasteiger partial charge in [-0.1, -0.05) is 26.8 Å². The number of fused-ring (bicyclic) bond motifs is 2. The van der Waals surface area contributed by atoms with Gasteiger partial charge in [-0.3, -0.25) is 14.9 Å². The first kappa shape index (κ1) is 15.0. The van der Waals surface area contributed by atoms with Crippen molar-refractivity contribution in [3.05, 3.63) is 39.9 Å². The molecule has 2 aliphatic rings. The third-order valence-corrected chi connectivity index (χ3v) is 5.86. The zero-order valence-electron chi connectivity index (χ0n) is 13.3. The summed E-state index contributed by atoms with van der Waals surface area (Å²) < 4.78 is 0. The standard InChI is InChI=1S/C17H22N2O3/c1-16(2)12-7-8-17(3,10-12)15(16)18-14(20)11-5-4-6-13(9-11)19(21)22/h4-6,9,12,15H,7-8,10H2,1-3H3,(H,18,20)/t12-,15-,17+/m1/s1. The van der Waals surface area contributed by atoms with Crippen LogP contribution < -0.4 is 5.32 Å². The molecule has 118 valence electrons. The van der Waals surface area contributed by atoms with Crippen molar-refractivity contribution in [1.82, 2.24) is 5.32 Å². The Balaban J connectivity index is 1.83. The average Bonchev–Trinajstić information content (AvgIpc) is 2.94. The summed E-state index contributed by atoms with van der Waals surface area (Å²) in [5, 5.41) is 14.0. The lowest BCUT2D eigenvalue weighted by Crippen LogP contribution is -2.52. The summed E-state index contributed by atoms with van der Waals surface area (Å²) in [6.45, 7) is 6.70. The van der Waals surface area contributed by atoms with Crippen molar-refractivity contribution < 1.29 is 9.72 Å². The first-order valence-corrected chi connectivity index (χ1v) is 7.79. The van der Waals surface area contributed by atoms with Crippen LogP contribution in [0.1, 0.15) is 50.4 Å². The molecule has 0 spiro atoms. The SMILES string of the molecule is CC1(C)[C@@H]2CC[C@@](C)(C2)[C@@H]1NC(=O)c1cccc([N+](=O)[O-])c1. The summed E-state index contributed by atoms with van der Waals surface area (Å²) in [5.41, 5.74) is 0.524. The van der Waals surface area contributed by atoms with Gasteiger partial charge in [0.1, 0.15) is 0 Å². The molecule has 1 aromatic carbocycles. The zero-order valence-corrected chi connectivity index (χ0v) is 13.3. The average molecular weight is 302 g/mol. The van der Waals surface area contributed by atoms with Gasteiger partial charge in [0.15, 0.2) is 0 Å². The highest BCUT2D eigenvalue weighted by molar-refractivity contribution is 5.95. The van der Waals surface area contributed by atoms with Gasteiger partial charge in [-0.15, -0.1) is 0 Å². The van der Waals surface area contributed by atoms with Crippen LogP contribution in [0, 0.1) is 26.9 Å². The molecular weight excluding hydrogens is 280 g/mol. The van der Waals surface area contributed by atoms with Crippen molar-refractivity contribution >= 4 is 11.6 Å². The van der Waals surface area contributed by atoms with E-state index in [2.05, 4.69) is 26.1 Å². The van der Waals surface area contributed by atoms with E-state index >= 15 is 0 Å². The van der Waals surface area contributed by atoms with Gasteiger partial charge in [-0.25, -0.2) is 0 Å². The van der Waals surface area contributed by atoms with Crippen molar-refractivity contribution in [3.63, 3.8) is 0 Å². The molecule has 2 bridgehead atoms. The van der Waals surface area contributed by atoms with E-state index in [0.29, 0.717) is 11.5 Å². The lowest BCUT2D eigenvalue weighted by Gasteiger charge is -2.43. The second-order valence-corrected chi connectivity index (χ2v) is 7.63. The summed E-state index contributed by atoms with van der Waals surface area (Å²) in [5.74, 6) is 0.434. The van der Waals surface area contributed by atoms with Crippen molar-refractivity contribution in [1.29, 1.82) is 0 Å². The van der Waals surface area contributed by atoms with Gasteiger partial charge in [0.05, 0.1) is 4.92 Å². The minimum atomic E-state index is -0.473. The minimum absolute atomic E-state index is 0.0499. The number of nitro benzene ring substituents is 1. The van der Waals surface area contributed by atoms with Crippen LogP contribution in [-0.4, -0.2) is 16.9 Å². The van der Waals surface area contributed by atoms with Crippen LogP contribution in [0.25, 0.3) is 0 Å². The second kappa shape index (κ2) is 4.80. The molecule has 0 aliphatic heterocycles. The Bertz CT molecular complexity index is 636. The van der Waals surface area contributed by atoms with Crippen molar-refractivity contribution in [2.24, 2.45) is 16.7 Å². The monoisotopic (exact) mass is 302 g/mol. The maximum Gasteiger partial charge on any atom is 0.270 e. The molecule has 2 aliphatic carbocycles. The number of rotatable bonds is 3. The lowest BCUT2D eigenvalue weighted by atomic mass is 9.68. The number of benzene rings is 1. The van der Waals surface area contributed by atoms with E-state index in [1.165, 1.54) is 18.6 Å². The molecule has 1 N–H and O–H groups in total. The molecule has 0 unspecified atom stereocenters. The number of amides is 1. The summed E-state index contributed by atoms with van der Waals surface area (Å²) in [6, 6.07) is 6.05. The summed E-state index contributed by atoms with van der Waals surface area (Å²) in [6.07, 6.45) is 3.52. The van der Waals surface area contributed by atoms with E-state index in [1.54, 1.807) is 12.1 Å². The minimum Gasteiger partial charge on any atom is -0.348 e. The Labute approximate surface area is 130 Å². The Hall–Kier alpha value is -1.91. The molecule has 3 rings (SSSR count). The number of non-ortho nitro benzene ring substituents is 1. The van der Waals surface area contributed by atoms with Gasteiger partial charge in [-0.2, -0.15) is 0 Å². The summed E-state index contributed by atoms with van der Waals surface area (Å²) >= 11 is 0. The summed E-state index contributed by atoms with van der Waals surface area (Å²) in [4.78, 5) is 22.9. The number of hydrogen-bond donors (Lipinski definition) is 1. The lowest BCUT2D eigenvalue weighted by molar-refractivity contribution is -0.384. The summed E-state index contributed by atoms with van der Waals surface area (Å²) in [7, 11) is 0. The van der Waals surface area contributed by atoms with Crippen molar-refractivity contribution in [2.75, 3.05) is 0 Å². The Morgan fingerprint density at radius 1 is 1.36 bits per heavy atom. The third kappa shape index (κ3) is 2.19. The number of hydrogen-bond acceptors (Lipinski definition) is 3. The molecule has 5 nitrogen and oxygen atoms in total. The Morgan fingerprint density at radius 2 is 2.09 bits per heavy atom. The molecule has 0 saturated heterocycles. The highest BCUT2D eigenvalue weighted by Crippen LogP contribution is 2.62. The Morgan fingerprint density at radius 3 is 2.68 bits per heavy atom. The molecule has 0 heterocycles. The van der Waals surface area contributed by atoms with Crippen LogP contribution in [0.15, 0.2) is 24.3 Å². The maximum atomic E-state index is 12.5. The van der Waals surface area contributed by atoms with Crippen molar-refractivity contribution in [3.8, 4) is 0 Å². The molecule has 1 amide bonds. The number of carbonyl (C=O) groups excluding carboxylic acids is 1. The smallest absolute Gasteiger partial charge is 0.270 e. The van der Waals surface area contributed by atoms with Crippen molar-refractivity contribution in [2.45, 2.75) is 46.1 Å². The molecule has 0 radical (unpaired) electrons. The molecule has 2 saturated carbocycles. The number of nitrogens with one attached hydrogen (secondary N) is 1. The fourth-order valence-corrected chi connectivity index (χ4v) is 4.64. The van der Waals surface area contributed by atoms with E-state index in [9.17, 15) is 14.9 Å². The third-order valence-electron chi connectivity index (χ3n) is 5.86. The van der Waals surface area contributed by atoms with Crippen LogP contribution in [0.4, 0.5) is 5.69 Å². The van der Waals surface area contributed by atoms with Crippen LogP contribution >= 0.6 is 0 Å². The first-order valence-electron chi connectivity index (χ1n) is 7.79. The Kier molecular flexibility index (Phi) is 3.27. The number of nitro groups is 1. The largest absolute Gasteiger partial charge is 0.348 e. The molecule has 1 aromatic rings. The zero-order chi connectivity index (χ0) is 16.1. The van der Waals surface area contributed by atoms with Gasteiger partial charge >= 0.3 is 0 Å². The molecule has 3 atom stereocenters. The molecule has 5 heteroatoms. The van der Waals surface area contributed by atoms with Gasteiger partial charge in [0.25, 0.3) is 11.6 Å². The second-order valence-electron chi connectivity index (χ2n) is 7.63. The van der Waals surface area contributed by atoms with Crippen LogP contribution in [-0.2, 0) is 0 Å². The van der Waals surface area contributed by atoms with E-state index in [4.69, 9.17) is 0 Å².